The third-order valence-corrected chi connectivity index (χ3v) is 5.22. The molecule has 0 radical (unpaired) electrons. The zero-order valence-electron chi connectivity index (χ0n) is 18.4. The van der Waals surface area contributed by atoms with E-state index in [9.17, 15) is 4.79 Å². The van der Waals surface area contributed by atoms with Crippen molar-refractivity contribution < 1.29 is 14.3 Å². The highest BCUT2D eigenvalue weighted by Crippen LogP contribution is 2.30. The Kier molecular flexibility index (Phi) is 6.83. The van der Waals surface area contributed by atoms with Gasteiger partial charge in [0.1, 0.15) is 17.1 Å². The van der Waals surface area contributed by atoms with Crippen molar-refractivity contribution in [1.82, 2.24) is 9.47 Å². The van der Waals surface area contributed by atoms with Crippen LogP contribution in [0.1, 0.15) is 41.0 Å². The molecule has 1 amide bonds. The Bertz CT molecular complexity index is 985. The lowest BCUT2D eigenvalue weighted by Gasteiger charge is -2.28. The first-order chi connectivity index (χ1) is 14.4. The van der Waals surface area contributed by atoms with Gasteiger partial charge in [0.2, 0.25) is 0 Å². The molecule has 0 bridgehead atoms. The fourth-order valence-corrected chi connectivity index (χ4v) is 3.62. The molecule has 0 atom stereocenters. The summed E-state index contributed by atoms with van der Waals surface area (Å²) in [4.78, 5) is 15.4. The number of methoxy groups -OCH3 is 2. The second kappa shape index (κ2) is 9.53. The normalized spacial score (nSPS) is 10.9. The summed E-state index contributed by atoms with van der Waals surface area (Å²) in [6.45, 7) is 7.40. The number of amides is 1. The number of nitrogens with zero attached hydrogens (tertiary/aromatic N) is 2. The van der Waals surface area contributed by atoms with Gasteiger partial charge in [-0.1, -0.05) is 35.9 Å². The molecule has 2 aromatic carbocycles. The van der Waals surface area contributed by atoms with E-state index in [0.29, 0.717) is 23.6 Å². The molecule has 0 aliphatic rings. The Balaban J connectivity index is 1.90. The first-order valence-electron chi connectivity index (χ1n) is 10.2. The quantitative estimate of drug-likeness (QED) is 0.534. The zero-order chi connectivity index (χ0) is 21.7. The van der Waals surface area contributed by atoms with Crippen molar-refractivity contribution in [1.29, 1.82) is 0 Å². The fourth-order valence-electron chi connectivity index (χ4n) is 3.62. The molecule has 1 aromatic heterocycles. The first-order valence-corrected chi connectivity index (χ1v) is 10.2. The molecule has 0 saturated carbocycles. The Hall–Kier alpha value is -3.21. The molecular formula is C25H30N2O3. The maximum absolute atomic E-state index is 13.5. The number of hydrogen-bond acceptors (Lipinski definition) is 3. The molecule has 158 valence electrons. The third kappa shape index (κ3) is 4.67. The lowest BCUT2D eigenvalue weighted by atomic mass is 10.1. The van der Waals surface area contributed by atoms with Crippen LogP contribution in [0.2, 0.25) is 0 Å². The third-order valence-electron chi connectivity index (χ3n) is 5.22. The molecular weight excluding hydrogens is 376 g/mol. The van der Waals surface area contributed by atoms with Crippen molar-refractivity contribution in [3.8, 4) is 11.5 Å². The number of benzene rings is 2. The molecule has 0 saturated heterocycles. The number of hydrogen-bond donors (Lipinski definition) is 0. The molecule has 0 N–H and O–H groups in total. The van der Waals surface area contributed by atoms with E-state index in [1.165, 1.54) is 11.1 Å². The number of rotatable bonds is 8. The van der Waals surface area contributed by atoms with E-state index in [0.717, 1.165) is 12.2 Å². The van der Waals surface area contributed by atoms with E-state index in [2.05, 4.69) is 48.0 Å². The van der Waals surface area contributed by atoms with Crippen LogP contribution in [-0.4, -0.2) is 35.6 Å². The van der Waals surface area contributed by atoms with Gasteiger partial charge in [0.15, 0.2) is 0 Å². The van der Waals surface area contributed by atoms with Crippen LogP contribution < -0.4 is 9.47 Å². The summed E-state index contributed by atoms with van der Waals surface area (Å²) in [6, 6.07) is 18.0. The van der Waals surface area contributed by atoms with E-state index in [1.807, 2.05) is 30.9 Å². The van der Waals surface area contributed by atoms with Crippen LogP contribution >= 0.6 is 0 Å². The summed E-state index contributed by atoms with van der Waals surface area (Å²) in [5.41, 5.74) is 4.00. The molecule has 0 fully saturated rings. The first kappa shape index (κ1) is 21.5. The Labute approximate surface area is 178 Å². The minimum absolute atomic E-state index is 0.00874. The fraction of sp³-hybridized carbons (Fsp3) is 0.320. The van der Waals surface area contributed by atoms with Gasteiger partial charge in [-0.3, -0.25) is 4.79 Å². The second-order valence-electron chi connectivity index (χ2n) is 7.68. The van der Waals surface area contributed by atoms with Crippen LogP contribution in [0, 0.1) is 6.92 Å². The van der Waals surface area contributed by atoms with Crippen molar-refractivity contribution in [2.45, 2.75) is 39.9 Å². The zero-order valence-corrected chi connectivity index (χ0v) is 18.4. The maximum Gasteiger partial charge on any atom is 0.262 e. The SMILES string of the molecule is COc1cccc(OC)c1C(=O)N(Cc1cccn1Cc1cccc(C)c1)C(C)C. The van der Waals surface area contributed by atoms with Crippen molar-refractivity contribution in [3.63, 3.8) is 0 Å². The van der Waals surface area contributed by atoms with Gasteiger partial charge in [-0.25, -0.2) is 0 Å². The molecule has 0 aliphatic heterocycles. The lowest BCUT2D eigenvalue weighted by Crippen LogP contribution is -2.37. The Morgan fingerprint density at radius 1 is 1.00 bits per heavy atom. The number of carbonyl (C=O) groups excluding carboxylic acids is 1. The van der Waals surface area contributed by atoms with Crippen LogP contribution in [0.15, 0.2) is 60.8 Å². The van der Waals surface area contributed by atoms with Gasteiger partial charge in [0.05, 0.1) is 20.8 Å². The average Bonchev–Trinajstić information content (AvgIpc) is 3.17. The van der Waals surface area contributed by atoms with Crippen LogP contribution in [0.25, 0.3) is 0 Å². The Morgan fingerprint density at radius 3 is 2.27 bits per heavy atom. The molecule has 0 aliphatic carbocycles. The van der Waals surface area contributed by atoms with Crippen molar-refractivity contribution in [2.75, 3.05) is 14.2 Å². The van der Waals surface area contributed by atoms with E-state index in [1.54, 1.807) is 26.4 Å². The highest BCUT2D eigenvalue weighted by molar-refractivity contribution is 5.99. The summed E-state index contributed by atoms with van der Waals surface area (Å²) in [6.07, 6.45) is 2.06. The van der Waals surface area contributed by atoms with Gasteiger partial charge in [0.25, 0.3) is 5.91 Å². The van der Waals surface area contributed by atoms with Crippen molar-refractivity contribution in [2.24, 2.45) is 0 Å². The second-order valence-corrected chi connectivity index (χ2v) is 7.68. The molecule has 3 rings (SSSR count). The van der Waals surface area contributed by atoms with Gasteiger partial charge in [-0.15, -0.1) is 0 Å². The largest absolute Gasteiger partial charge is 0.496 e. The number of carbonyl (C=O) groups is 1. The number of ether oxygens (including phenoxy) is 2. The lowest BCUT2D eigenvalue weighted by molar-refractivity contribution is 0.0679. The molecule has 3 aromatic rings. The minimum atomic E-state index is -0.109. The van der Waals surface area contributed by atoms with Gasteiger partial charge in [-0.05, 0) is 50.6 Å². The molecule has 1 heterocycles. The van der Waals surface area contributed by atoms with Crippen molar-refractivity contribution >= 4 is 5.91 Å². The summed E-state index contributed by atoms with van der Waals surface area (Å²) < 4.78 is 13.1. The smallest absolute Gasteiger partial charge is 0.262 e. The molecule has 5 nitrogen and oxygen atoms in total. The molecule has 0 spiro atoms. The predicted molar refractivity (Wildman–Crippen MR) is 119 cm³/mol. The summed E-state index contributed by atoms with van der Waals surface area (Å²) in [7, 11) is 3.14. The molecule has 30 heavy (non-hydrogen) atoms. The van der Waals surface area contributed by atoms with E-state index < -0.39 is 0 Å². The number of aromatic nitrogens is 1. The topological polar surface area (TPSA) is 43.7 Å². The minimum Gasteiger partial charge on any atom is -0.496 e. The highest BCUT2D eigenvalue weighted by Gasteiger charge is 2.26. The van der Waals surface area contributed by atoms with E-state index in [-0.39, 0.29) is 11.9 Å². The van der Waals surface area contributed by atoms with Gasteiger partial charge < -0.3 is 18.9 Å². The predicted octanol–water partition coefficient (Wildman–Crippen LogP) is 4.91. The van der Waals surface area contributed by atoms with Crippen LogP contribution in [0.3, 0.4) is 0 Å². The monoisotopic (exact) mass is 406 g/mol. The van der Waals surface area contributed by atoms with E-state index >= 15 is 0 Å². The number of aryl methyl sites for hydroxylation is 1. The highest BCUT2D eigenvalue weighted by atomic mass is 16.5. The molecule has 0 unspecified atom stereocenters. The molecule has 5 heteroatoms. The summed E-state index contributed by atoms with van der Waals surface area (Å²) in [5, 5.41) is 0. The average molecular weight is 407 g/mol. The van der Waals surface area contributed by atoms with Crippen LogP contribution in [0.4, 0.5) is 0 Å². The van der Waals surface area contributed by atoms with Crippen LogP contribution in [-0.2, 0) is 13.1 Å². The standard InChI is InChI=1S/C25H30N2O3/c1-18(2)27(25(28)24-22(29-4)12-7-13-23(24)30-5)17-21-11-8-14-26(21)16-20-10-6-9-19(3)15-20/h6-15,18H,16-17H2,1-5H3. The maximum atomic E-state index is 13.5. The van der Waals surface area contributed by atoms with Crippen molar-refractivity contribution in [3.05, 3.63) is 83.2 Å². The Morgan fingerprint density at radius 2 is 1.67 bits per heavy atom. The summed E-state index contributed by atoms with van der Waals surface area (Å²) >= 11 is 0. The summed E-state index contributed by atoms with van der Waals surface area (Å²) in [5.74, 6) is 0.919. The van der Waals surface area contributed by atoms with Crippen LogP contribution in [0.5, 0.6) is 11.5 Å². The van der Waals surface area contributed by atoms with Gasteiger partial charge in [-0.2, -0.15) is 0 Å². The van der Waals surface area contributed by atoms with Gasteiger partial charge >= 0.3 is 0 Å². The van der Waals surface area contributed by atoms with E-state index in [4.69, 9.17) is 9.47 Å². The van der Waals surface area contributed by atoms with Gasteiger partial charge in [0, 0.05) is 24.5 Å².